The number of aliphatic hydroxyl groups excluding tert-OH is 2. The van der Waals surface area contributed by atoms with Crippen molar-refractivity contribution in [2.75, 3.05) is 24.5 Å². The number of unbranched alkanes of at least 4 members (excludes halogenated alkanes) is 2. The van der Waals surface area contributed by atoms with Crippen LogP contribution in [0.15, 0.2) is 35.9 Å². The Morgan fingerprint density at radius 1 is 1.15 bits per heavy atom. The lowest BCUT2D eigenvalue weighted by molar-refractivity contribution is -0.154. The lowest BCUT2D eigenvalue weighted by atomic mass is 9.94. The van der Waals surface area contributed by atoms with Crippen molar-refractivity contribution in [1.29, 1.82) is 0 Å². The Bertz CT molecular complexity index is 965. The fraction of sp³-hybridized carbons (Fsp3) is 0.625. The Balaban J connectivity index is 1.90. The fourth-order valence-electron chi connectivity index (χ4n) is 4.43. The minimum Gasteiger partial charge on any atom is -0.463 e. The quantitative estimate of drug-likeness (QED) is 0.313. The first-order valence-corrected chi connectivity index (χ1v) is 13.4. The van der Waals surface area contributed by atoms with E-state index in [0.29, 0.717) is 5.69 Å². The Hall–Kier alpha value is -1.98. The molecule has 0 amide bonds. The minimum atomic E-state index is -4.02. The summed E-state index contributed by atoms with van der Waals surface area (Å²) in [5.74, 6) is -2.18. The highest BCUT2D eigenvalue weighted by Gasteiger charge is 2.51. The number of sulfonamides is 1. The van der Waals surface area contributed by atoms with Crippen LogP contribution in [-0.4, -0.2) is 67.7 Å². The van der Waals surface area contributed by atoms with Crippen molar-refractivity contribution >= 4 is 21.7 Å². The van der Waals surface area contributed by atoms with E-state index in [2.05, 4.69) is 11.6 Å². The molecule has 1 saturated heterocycles. The number of para-hydroxylation sites is 1. The van der Waals surface area contributed by atoms with Gasteiger partial charge in [0, 0.05) is 6.42 Å². The van der Waals surface area contributed by atoms with Crippen molar-refractivity contribution in [1.82, 2.24) is 0 Å². The van der Waals surface area contributed by atoms with Crippen molar-refractivity contribution < 1.29 is 37.6 Å². The molecule has 1 aliphatic heterocycles. The molecule has 3 rings (SSSR count). The van der Waals surface area contributed by atoms with Crippen molar-refractivity contribution in [2.45, 2.75) is 75.6 Å². The molecule has 1 heterocycles. The van der Waals surface area contributed by atoms with E-state index in [9.17, 15) is 23.4 Å². The molecule has 34 heavy (non-hydrogen) atoms. The van der Waals surface area contributed by atoms with Gasteiger partial charge in [-0.15, -0.1) is 0 Å². The van der Waals surface area contributed by atoms with E-state index in [1.807, 2.05) is 12.1 Å². The lowest BCUT2D eigenvalue weighted by Gasteiger charge is -2.33. The summed E-state index contributed by atoms with van der Waals surface area (Å²) in [6.07, 6.45) is 3.73. The van der Waals surface area contributed by atoms with Gasteiger partial charge in [-0.25, -0.2) is 13.2 Å². The summed E-state index contributed by atoms with van der Waals surface area (Å²) in [5, 5.41) is 17.9. The van der Waals surface area contributed by atoms with E-state index in [0.717, 1.165) is 31.2 Å². The monoisotopic (exact) mass is 497 g/mol. The topological polar surface area (TPSA) is 131 Å². The zero-order chi connectivity index (χ0) is 24.8. The van der Waals surface area contributed by atoms with E-state index < -0.39 is 39.2 Å². The number of nitrogens with one attached hydrogen (secondary N) is 1. The zero-order valence-electron chi connectivity index (χ0n) is 19.7. The van der Waals surface area contributed by atoms with Crippen molar-refractivity contribution in [3.05, 3.63) is 41.5 Å². The molecule has 190 valence electrons. The first-order chi connectivity index (χ1) is 16.3. The summed E-state index contributed by atoms with van der Waals surface area (Å²) < 4.78 is 46.4. The largest absolute Gasteiger partial charge is 0.463 e. The molecule has 1 aliphatic carbocycles. The maximum Gasteiger partial charge on any atom is 0.335 e. The summed E-state index contributed by atoms with van der Waals surface area (Å²) in [6, 6.07) is 7.26. The van der Waals surface area contributed by atoms with Crippen LogP contribution >= 0.6 is 0 Å². The van der Waals surface area contributed by atoms with Crippen LogP contribution < -0.4 is 4.72 Å². The Kier molecular flexibility index (Phi) is 9.11. The van der Waals surface area contributed by atoms with E-state index >= 15 is 0 Å². The average molecular weight is 498 g/mol. The summed E-state index contributed by atoms with van der Waals surface area (Å²) in [7, 11) is -4.02. The maximum atomic E-state index is 13.5. The summed E-state index contributed by atoms with van der Waals surface area (Å²) in [6.45, 7) is 3.06. The SMILES string of the molecule is CCCCCc1ccccc1NS(=O)(=O)C1CCC2(C=C1C(=O)OCC)OC(CO)C(CO)O2. The molecular formula is C24H35NO8S. The second-order valence-corrected chi connectivity index (χ2v) is 10.5. The van der Waals surface area contributed by atoms with Crippen molar-refractivity contribution in [2.24, 2.45) is 0 Å². The van der Waals surface area contributed by atoms with Gasteiger partial charge < -0.3 is 24.4 Å². The molecule has 0 radical (unpaired) electrons. The van der Waals surface area contributed by atoms with Gasteiger partial charge in [0.1, 0.15) is 17.5 Å². The summed E-state index contributed by atoms with van der Waals surface area (Å²) >= 11 is 0. The first-order valence-electron chi connectivity index (χ1n) is 11.9. The highest BCUT2D eigenvalue weighted by Crippen LogP contribution is 2.41. The molecule has 1 aromatic rings. The van der Waals surface area contributed by atoms with Gasteiger partial charge in [-0.05, 0) is 43.9 Å². The molecule has 0 saturated carbocycles. The number of aryl methyl sites for hydroxylation is 1. The Morgan fingerprint density at radius 3 is 2.44 bits per heavy atom. The molecule has 3 N–H and O–H groups in total. The zero-order valence-corrected chi connectivity index (χ0v) is 20.6. The van der Waals surface area contributed by atoms with Crippen LogP contribution in [0.1, 0.15) is 51.5 Å². The number of hydrogen-bond donors (Lipinski definition) is 3. The second kappa shape index (κ2) is 11.6. The molecule has 1 aromatic carbocycles. The van der Waals surface area contributed by atoms with Gasteiger partial charge in [-0.1, -0.05) is 38.0 Å². The number of hydrogen-bond acceptors (Lipinski definition) is 8. The number of ether oxygens (including phenoxy) is 3. The number of anilines is 1. The standard InChI is InChI=1S/C24H35NO8S/c1-3-5-6-9-17-10-7-8-11-19(17)25-34(29,30)22-12-13-24(14-18(22)23(28)31-4-2)32-20(15-26)21(16-27)33-24/h7-8,10-11,14,20-22,25-27H,3-6,9,12-13,15-16H2,1-2H3. The van der Waals surface area contributed by atoms with Gasteiger partial charge in [0.05, 0.1) is 31.1 Å². The van der Waals surface area contributed by atoms with Crippen molar-refractivity contribution in [3.63, 3.8) is 0 Å². The Labute approximate surface area is 201 Å². The van der Waals surface area contributed by atoms with E-state index in [1.54, 1.807) is 19.1 Å². The lowest BCUT2D eigenvalue weighted by Crippen LogP contribution is -2.42. The molecule has 1 fully saturated rings. The molecule has 1 spiro atoms. The minimum absolute atomic E-state index is 0.0360. The number of benzene rings is 1. The highest BCUT2D eigenvalue weighted by atomic mass is 32.2. The van der Waals surface area contributed by atoms with Crippen LogP contribution in [0.2, 0.25) is 0 Å². The van der Waals surface area contributed by atoms with Gasteiger partial charge in [0.15, 0.2) is 5.79 Å². The number of rotatable bonds is 11. The predicted molar refractivity (Wildman–Crippen MR) is 127 cm³/mol. The molecule has 9 nitrogen and oxygen atoms in total. The third kappa shape index (κ3) is 5.98. The van der Waals surface area contributed by atoms with E-state index in [4.69, 9.17) is 14.2 Å². The first kappa shape index (κ1) is 26.6. The van der Waals surface area contributed by atoms with Gasteiger partial charge >= 0.3 is 5.97 Å². The molecule has 0 aromatic heterocycles. The fourth-order valence-corrected chi connectivity index (χ4v) is 6.01. The number of carbonyl (C=O) groups excluding carboxylic acids is 1. The van der Waals surface area contributed by atoms with Gasteiger partial charge in [-0.3, -0.25) is 4.72 Å². The second-order valence-electron chi connectivity index (χ2n) is 8.60. The molecule has 10 heteroatoms. The van der Waals surface area contributed by atoms with Crippen LogP contribution in [0, 0.1) is 0 Å². The van der Waals surface area contributed by atoms with E-state index in [-0.39, 0.29) is 38.2 Å². The molecule has 3 unspecified atom stereocenters. The average Bonchev–Trinajstić information content (AvgIpc) is 3.17. The third-order valence-electron chi connectivity index (χ3n) is 6.16. The maximum absolute atomic E-state index is 13.5. The molecule has 0 bridgehead atoms. The van der Waals surface area contributed by atoms with Crippen LogP contribution in [0.25, 0.3) is 0 Å². The highest BCUT2D eigenvalue weighted by molar-refractivity contribution is 7.93. The van der Waals surface area contributed by atoms with Crippen molar-refractivity contribution in [3.8, 4) is 0 Å². The van der Waals surface area contributed by atoms with Crippen LogP contribution in [0.5, 0.6) is 0 Å². The van der Waals surface area contributed by atoms with E-state index in [1.165, 1.54) is 6.08 Å². The summed E-state index contributed by atoms with van der Waals surface area (Å²) in [5.41, 5.74) is 1.31. The number of carbonyl (C=O) groups is 1. The normalized spacial score (nSPS) is 26.9. The van der Waals surface area contributed by atoms with Gasteiger partial charge in [-0.2, -0.15) is 0 Å². The molecule has 2 aliphatic rings. The van der Waals surface area contributed by atoms with Gasteiger partial charge in [0.25, 0.3) is 0 Å². The third-order valence-corrected chi connectivity index (χ3v) is 7.90. The van der Waals surface area contributed by atoms with Crippen LogP contribution in [0.3, 0.4) is 0 Å². The smallest absolute Gasteiger partial charge is 0.335 e. The van der Waals surface area contributed by atoms with Crippen LogP contribution in [-0.2, 0) is 35.4 Å². The Morgan fingerprint density at radius 2 is 1.82 bits per heavy atom. The predicted octanol–water partition coefficient (Wildman–Crippen LogP) is 2.28. The number of aliphatic hydroxyl groups is 2. The molecule has 3 atom stereocenters. The van der Waals surface area contributed by atoms with Crippen LogP contribution in [0.4, 0.5) is 5.69 Å². The van der Waals surface area contributed by atoms with Gasteiger partial charge in [0.2, 0.25) is 10.0 Å². The molecular weight excluding hydrogens is 462 g/mol. The summed E-state index contributed by atoms with van der Waals surface area (Å²) in [4.78, 5) is 12.8. The number of esters is 1.